The minimum atomic E-state index is 0.0735. The minimum Gasteiger partial charge on any atom is -0.497 e. The monoisotopic (exact) mass is 346 g/mol. The van der Waals surface area contributed by atoms with Crippen LogP contribution in [0.5, 0.6) is 5.75 Å². The van der Waals surface area contributed by atoms with E-state index in [1.807, 2.05) is 36.4 Å². The molecule has 0 amide bonds. The molecule has 0 spiro atoms. The van der Waals surface area contributed by atoms with E-state index in [4.69, 9.17) is 21.4 Å². The number of rotatable bonds is 7. The molecule has 1 heterocycles. The largest absolute Gasteiger partial charge is 0.497 e. The van der Waals surface area contributed by atoms with Crippen molar-refractivity contribution < 1.29 is 9.15 Å². The Kier molecular flexibility index (Phi) is 6.67. The van der Waals surface area contributed by atoms with Gasteiger partial charge in [-0.1, -0.05) is 19.9 Å². The first kappa shape index (κ1) is 18.3. The average molecular weight is 346 g/mol. The number of furan rings is 1. The summed E-state index contributed by atoms with van der Waals surface area (Å²) in [4.78, 5) is 2.17. The molecule has 0 saturated heterocycles. The van der Waals surface area contributed by atoms with Crippen LogP contribution in [0, 0.1) is 5.92 Å². The average Bonchev–Trinajstić information content (AvgIpc) is 3.09. The van der Waals surface area contributed by atoms with E-state index in [0.29, 0.717) is 11.0 Å². The summed E-state index contributed by atoms with van der Waals surface area (Å²) in [6, 6.07) is 11.7. The predicted octanol–water partition coefficient (Wildman–Crippen LogP) is 5.09. The Hall–Kier alpha value is -2.01. The van der Waals surface area contributed by atoms with Gasteiger partial charge in [0.2, 0.25) is 0 Å². The molecule has 1 aromatic heterocycles. The van der Waals surface area contributed by atoms with Gasteiger partial charge in [0.25, 0.3) is 0 Å². The van der Waals surface area contributed by atoms with Crippen LogP contribution in [0.1, 0.15) is 39.0 Å². The number of hydrogen-bond donors (Lipinski definition) is 1. The SMILES string of the molecule is COc1cccc(NC(=S)N(CCC(C)C)[C@@H](C)c2ccco2)c1. The van der Waals surface area contributed by atoms with Gasteiger partial charge in [0, 0.05) is 18.3 Å². The first-order valence-corrected chi connectivity index (χ1v) is 8.67. The molecule has 0 fully saturated rings. The highest BCUT2D eigenvalue weighted by Gasteiger charge is 2.21. The third-order valence-electron chi connectivity index (χ3n) is 3.95. The molecule has 0 aliphatic carbocycles. The second-order valence-electron chi connectivity index (χ2n) is 6.23. The van der Waals surface area contributed by atoms with E-state index in [2.05, 4.69) is 31.0 Å². The molecular weight excluding hydrogens is 320 g/mol. The highest BCUT2D eigenvalue weighted by atomic mass is 32.1. The van der Waals surface area contributed by atoms with Crippen LogP contribution < -0.4 is 10.1 Å². The van der Waals surface area contributed by atoms with Gasteiger partial charge in [0.1, 0.15) is 11.5 Å². The maximum atomic E-state index is 5.67. The Labute approximate surface area is 149 Å². The Morgan fingerprint density at radius 2 is 2.04 bits per heavy atom. The van der Waals surface area contributed by atoms with Crippen molar-refractivity contribution in [2.45, 2.75) is 33.2 Å². The summed E-state index contributed by atoms with van der Waals surface area (Å²) in [5.74, 6) is 2.32. The molecule has 130 valence electrons. The van der Waals surface area contributed by atoms with Crippen molar-refractivity contribution >= 4 is 23.0 Å². The topological polar surface area (TPSA) is 37.6 Å². The zero-order chi connectivity index (χ0) is 17.5. The zero-order valence-corrected chi connectivity index (χ0v) is 15.6. The number of methoxy groups -OCH3 is 1. The van der Waals surface area contributed by atoms with E-state index in [9.17, 15) is 0 Å². The zero-order valence-electron chi connectivity index (χ0n) is 14.8. The summed E-state index contributed by atoms with van der Waals surface area (Å²) in [6.07, 6.45) is 2.76. The standard InChI is InChI=1S/C19H26N2O2S/c1-14(2)10-11-21(15(3)18-9-6-12-23-18)19(24)20-16-7-5-8-17(13-16)22-4/h5-9,12-15H,10-11H2,1-4H3,(H,20,24)/t15-/m0/s1. The maximum Gasteiger partial charge on any atom is 0.174 e. The highest BCUT2D eigenvalue weighted by molar-refractivity contribution is 7.80. The smallest absolute Gasteiger partial charge is 0.174 e. The van der Waals surface area contributed by atoms with Crippen LogP contribution in [-0.4, -0.2) is 23.7 Å². The van der Waals surface area contributed by atoms with Gasteiger partial charge in [-0.05, 0) is 55.7 Å². The molecule has 0 bridgehead atoms. The van der Waals surface area contributed by atoms with Crippen LogP contribution >= 0.6 is 12.2 Å². The summed E-state index contributed by atoms with van der Waals surface area (Å²) < 4.78 is 10.8. The van der Waals surface area contributed by atoms with E-state index >= 15 is 0 Å². The van der Waals surface area contributed by atoms with Gasteiger partial charge in [0.15, 0.2) is 5.11 Å². The summed E-state index contributed by atoms with van der Waals surface area (Å²) in [7, 11) is 1.66. The van der Waals surface area contributed by atoms with E-state index in [-0.39, 0.29) is 6.04 Å². The van der Waals surface area contributed by atoms with Gasteiger partial charge >= 0.3 is 0 Å². The van der Waals surface area contributed by atoms with Crippen LogP contribution in [0.4, 0.5) is 5.69 Å². The van der Waals surface area contributed by atoms with E-state index in [0.717, 1.165) is 30.2 Å². The van der Waals surface area contributed by atoms with Crippen LogP contribution in [-0.2, 0) is 0 Å². The van der Waals surface area contributed by atoms with Crippen LogP contribution in [0.25, 0.3) is 0 Å². The lowest BCUT2D eigenvalue weighted by Crippen LogP contribution is -2.38. The van der Waals surface area contributed by atoms with E-state index in [1.54, 1.807) is 13.4 Å². The summed E-state index contributed by atoms with van der Waals surface area (Å²) in [6.45, 7) is 7.41. The summed E-state index contributed by atoms with van der Waals surface area (Å²) in [5, 5.41) is 4.01. The highest BCUT2D eigenvalue weighted by Crippen LogP contribution is 2.24. The van der Waals surface area contributed by atoms with Gasteiger partial charge < -0.3 is 19.4 Å². The van der Waals surface area contributed by atoms with Gasteiger partial charge in [-0.25, -0.2) is 0 Å². The Morgan fingerprint density at radius 1 is 1.25 bits per heavy atom. The normalized spacial score (nSPS) is 12.0. The Bertz CT molecular complexity index is 641. The summed E-state index contributed by atoms with van der Waals surface area (Å²) in [5.41, 5.74) is 0.917. The van der Waals surface area contributed by atoms with Crippen LogP contribution in [0.15, 0.2) is 47.1 Å². The minimum absolute atomic E-state index is 0.0735. The molecular formula is C19H26N2O2S. The predicted molar refractivity (Wildman–Crippen MR) is 102 cm³/mol. The molecule has 1 atom stereocenters. The Morgan fingerprint density at radius 3 is 2.67 bits per heavy atom. The lowest BCUT2D eigenvalue weighted by Gasteiger charge is -2.31. The molecule has 1 aromatic carbocycles. The Balaban J connectivity index is 2.13. The van der Waals surface area contributed by atoms with Gasteiger partial charge in [-0.3, -0.25) is 0 Å². The first-order chi connectivity index (χ1) is 11.5. The molecule has 0 radical (unpaired) electrons. The van der Waals surface area contributed by atoms with Crippen LogP contribution in [0.3, 0.4) is 0 Å². The second kappa shape index (κ2) is 8.73. The number of anilines is 1. The van der Waals surface area contributed by atoms with Crippen molar-refractivity contribution in [2.75, 3.05) is 19.0 Å². The number of thiocarbonyl (C=S) groups is 1. The molecule has 0 aliphatic heterocycles. The fraction of sp³-hybridized carbons (Fsp3) is 0.421. The number of nitrogens with one attached hydrogen (secondary N) is 1. The van der Waals surface area contributed by atoms with Crippen molar-refractivity contribution in [3.63, 3.8) is 0 Å². The van der Waals surface area contributed by atoms with Crippen molar-refractivity contribution in [3.05, 3.63) is 48.4 Å². The van der Waals surface area contributed by atoms with E-state index < -0.39 is 0 Å². The van der Waals surface area contributed by atoms with Crippen molar-refractivity contribution in [2.24, 2.45) is 5.92 Å². The lowest BCUT2D eigenvalue weighted by molar-refractivity contribution is 0.281. The van der Waals surface area contributed by atoms with Crippen molar-refractivity contribution in [3.8, 4) is 5.75 Å². The molecule has 24 heavy (non-hydrogen) atoms. The molecule has 4 nitrogen and oxygen atoms in total. The van der Waals surface area contributed by atoms with Crippen molar-refractivity contribution in [1.82, 2.24) is 4.90 Å². The molecule has 5 heteroatoms. The van der Waals surface area contributed by atoms with Gasteiger partial charge in [0.05, 0.1) is 19.4 Å². The quantitative estimate of drug-likeness (QED) is 0.707. The summed E-state index contributed by atoms with van der Waals surface area (Å²) >= 11 is 5.67. The lowest BCUT2D eigenvalue weighted by atomic mass is 10.1. The number of benzene rings is 1. The van der Waals surface area contributed by atoms with Gasteiger partial charge in [-0.2, -0.15) is 0 Å². The third-order valence-corrected chi connectivity index (χ3v) is 4.29. The van der Waals surface area contributed by atoms with E-state index in [1.165, 1.54) is 0 Å². The second-order valence-corrected chi connectivity index (χ2v) is 6.62. The first-order valence-electron chi connectivity index (χ1n) is 8.26. The molecule has 2 aromatic rings. The molecule has 0 unspecified atom stereocenters. The molecule has 1 N–H and O–H groups in total. The maximum absolute atomic E-state index is 5.67. The third kappa shape index (κ3) is 4.99. The number of ether oxygens (including phenoxy) is 1. The fourth-order valence-corrected chi connectivity index (χ4v) is 2.81. The fourth-order valence-electron chi connectivity index (χ4n) is 2.45. The van der Waals surface area contributed by atoms with Crippen molar-refractivity contribution in [1.29, 1.82) is 0 Å². The molecule has 2 rings (SSSR count). The number of nitrogens with zero attached hydrogens (tertiary/aromatic N) is 1. The molecule has 0 saturated carbocycles. The van der Waals surface area contributed by atoms with Gasteiger partial charge in [-0.15, -0.1) is 0 Å². The number of hydrogen-bond acceptors (Lipinski definition) is 3. The molecule has 0 aliphatic rings. The van der Waals surface area contributed by atoms with Crippen LogP contribution in [0.2, 0.25) is 0 Å².